The number of methoxy groups -OCH3 is 2. The van der Waals surface area contributed by atoms with Gasteiger partial charge in [0.25, 0.3) is 0 Å². The van der Waals surface area contributed by atoms with Gasteiger partial charge in [0.15, 0.2) is 5.60 Å². The van der Waals surface area contributed by atoms with E-state index in [1.807, 2.05) is 54.6 Å². The summed E-state index contributed by atoms with van der Waals surface area (Å²) in [5.74, 6) is 1.74. The van der Waals surface area contributed by atoms with Crippen LogP contribution in [0.3, 0.4) is 0 Å². The zero-order valence-corrected chi connectivity index (χ0v) is 21.2. The van der Waals surface area contributed by atoms with Gasteiger partial charge in [0.2, 0.25) is 0 Å². The zero-order valence-electron chi connectivity index (χ0n) is 21.2. The van der Waals surface area contributed by atoms with E-state index in [1.54, 1.807) is 26.4 Å². The van der Waals surface area contributed by atoms with Crippen LogP contribution >= 0.6 is 0 Å². The Hall–Kier alpha value is -3.95. The molecule has 6 rings (SSSR count). The smallest absolute Gasteiger partial charge is 0.407 e. The number of alkyl carbamates (subject to hydrolysis) is 1. The average molecular weight is 519 g/mol. The van der Waals surface area contributed by atoms with Gasteiger partial charge in [0.05, 0.1) is 38.3 Å². The molecular formula is C29H30N2O7. The molecule has 9 nitrogen and oxygen atoms in total. The second-order valence-corrected chi connectivity index (χ2v) is 9.72. The number of amides is 1. The van der Waals surface area contributed by atoms with Gasteiger partial charge >= 0.3 is 6.09 Å². The van der Waals surface area contributed by atoms with Crippen LogP contribution in [0.2, 0.25) is 0 Å². The summed E-state index contributed by atoms with van der Waals surface area (Å²) in [4.78, 5) is 12.7. The summed E-state index contributed by atoms with van der Waals surface area (Å²) in [5, 5.41) is 14.4. The number of hydrogen-bond donors (Lipinski definition) is 3. The van der Waals surface area contributed by atoms with Crippen molar-refractivity contribution in [3.8, 4) is 23.0 Å². The van der Waals surface area contributed by atoms with Crippen LogP contribution in [0.25, 0.3) is 0 Å². The molecule has 2 aliphatic heterocycles. The van der Waals surface area contributed by atoms with Gasteiger partial charge in [-0.3, -0.25) is 0 Å². The van der Waals surface area contributed by atoms with Crippen LogP contribution in [0.4, 0.5) is 4.79 Å². The number of ether oxygens (including phenoxy) is 5. The number of aliphatic hydroxyl groups is 1. The number of fused-ring (bicyclic) bond motifs is 5. The third-order valence-electron chi connectivity index (χ3n) is 8.08. The lowest BCUT2D eigenvalue weighted by molar-refractivity contribution is -0.0444. The van der Waals surface area contributed by atoms with Crippen molar-refractivity contribution in [2.75, 3.05) is 34.0 Å². The van der Waals surface area contributed by atoms with Crippen molar-refractivity contribution in [3.63, 3.8) is 0 Å². The Labute approximate surface area is 220 Å². The molecule has 0 spiro atoms. The van der Waals surface area contributed by atoms with Crippen molar-refractivity contribution in [1.82, 2.24) is 5.32 Å². The first-order valence-corrected chi connectivity index (χ1v) is 12.6. The molecule has 9 heteroatoms. The number of nitrogens with two attached hydrogens (primary N) is 1. The summed E-state index contributed by atoms with van der Waals surface area (Å²) >= 11 is 0. The first kappa shape index (κ1) is 24.4. The summed E-state index contributed by atoms with van der Waals surface area (Å²) < 4.78 is 30.1. The molecule has 0 radical (unpaired) electrons. The number of carbonyl (C=O) groups is 1. The molecule has 0 aromatic heterocycles. The maximum absolute atomic E-state index is 12.7. The first-order valence-electron chi connectivity index (χ1n) is 12.6. The molecule has 3 aromatic rings. The fourth-order valence-corrected chi connectivity index (χ4v) is 6.73. The van der Waals surface area contributed by atoms with Crippen LogP contribution < -0.4 is 30.0 Å². The van der Waals surface area contributed by atoms with Crippen LogP contribution in [0, 0.1) is 0 Å². The number of carbonyl (C=O) groups excluding carboxylic acids is 1. The molecule has 0 bridgehead atoms. The van der Waals surface area contributed by atoms with Crippen molar-refractivity contribution in [3.05, 3.63) is 83.4 Å². The number of rotatable bonds is 8. The summed E-state index contributed by atoms with van der Waals surface area (Å²) in [6.07, 6.45) is -1.29. The van der Waals surface area contributed by atoms with Gasteiger partial charge in [-0.2, -0.15) is 0 Å². The number of hydrogen-bond acceptors (Lipinski definition) is 8. The SMILES string of the molecule is COc1ccc([C@@]23Oc4cc(OCCN)cc(OC)c4[C@]2(CO)[C@@H]2OC(=O)N[C@@H]2[C@H]3c2ccccc2)cc1. The first-order chi connectivity index (χ1) is 18.5. The lowest BCUT2D eigenvalue weighted by Crippen LogP contribution is -2.55. The molecule has 3 aliphatic rings. The summed E-state index contributed by atoms with van der Waals surface area (Å²) in [6.45, 7) is 0.290. The van der Waals surface area contributed by atoms with E-state index in [0.717, 1.165) is 11.1 Å². The molecule has 38 heavy (non-hydrogen) atoms. The lowest BCUT2D eigenvalue weighted by atomic mass is 9.64. The van der Waals surface area contributed by atoms with Gasteiger partial charge in [0, 0.05) is 18.7 Å². The largest absolute Gasteiger partial charge is 0.497 e. The van der Waals surface area contributed by atoms with E-state index in [1.165, 1.54) is 0 Å². The molecule has 0 unspecified atom stereocenters. The van der Waals surface area contributed by atoms with E-state index in [4.69, 9.17) is 29.4 Å². The lowest BCUT2D eigenvalue weighted by Gasteiger charge is -2.43. The highest BCUT2D eigenvalue weighted by molar-refractivity contribution is 5.75. The Bertz CT molecular complexity index is 1350. The third-order valence-corrected chi connectivity index (χ3v) is 8.08. The Balaban J connectivity index is 1.67. The number of benzene rings is 3. The van der Waals surface area contributed by atoms with Gasteiger partial charge in [-0.1, -0.05) is 42.5 Å². The van der Waals surface area contributed by atoms with Crippen molar-refractivity contribution in [2.45, 2.75) is 29.1 Å². The van der Waals surface area contributed by atoms with Crippen LogP contribution in [0.5, 0.6) is 23.0 Å². The van der Waals surface area contributed by atoms with Crippen molar-refractivity contribution in [1.29, 1.82) is 0 Å². The normalized spacial score (nSPS) is 28.4. The van der Waals surface area contributed by atoms with E-state index in [2.05, 4.69) is 5.32 Å². The quantitative estimate of drug-likeness (QED) is 0.416. The molecule has 5 atom stereocenters. The molecule has 1 amide bonds. The minimum Gasteiger partial charge on any atom is -0.497 e. The van der Waals surface area contributed by atoms with Crippen molar-refractivity contribution >= 4 is 6.09 Å². The van der Waals surface area contributed by atoms with Gasteiger partial charge in [-0.25, -0.2) is 4.79 Å². The molecule has 1 saturated carbocycles. The summed E-state index contributed by atoms with van der Waals surface area (Å²) in [5.41, 5.74) is 5.64. The van der Waals surface area contributed by atoms with E-state index in [-0.39, 0.29) is 6.61 Å². The predicted molar refractivity (Wildman–Crippen MR) is 138 cm³/mol. The van der Waals surface area contributed by atoms with Gasteiger partial charge < -0.3 is 39.8 Å². The van der Waals surface area contributed by atoms with E-state index in [0.29, 0.717) is 41.7 Å². The maximum Gasteiger partial charge on any atom is 0.407 e. The van der Waals surface area contributed by atoms with Gasteiger partial charge in [0.1, 0.15) is 41.1 Å². The van der Waals surface area contributed by atoms with E-state index >= 15 is 0 Å². The Morgan fingerprint density at radius 3 is 2.45 bits per heavy atom. The topological polar surface area (TPSA) is 122 Å². The Kier molecular flexibility index (Phi) is 5.85. The molecular weight excluding hydrogens is 488 g/mol. The predicted octanol–water partition coefficient (Wildman–Crippen LogP) is 2.83. The molecule has 1 saturated heterocycles. The molecule has 3 aromatic carbocycles. The van der Waals surface area contributed by atoms with Crippen molar-refractivity contribution in [2.24, 2.45) is 5.73 Å². The summed E-state index contributed by atoms with van der Waals surface area (Å²) in [7, 11) is 3.16. The van der Waals surface area contributed by atoms with Crippen molar-refractivity contribution < 1.29 is 33.6 Å². The fraction of sp³-hybridized carbons (Fsp3) is 0.345. The zero-order chi connectivity index (χ0) is 26.5. The van der Waals surface area contributed by atoms with Gasteiger partial charge in [-0.05, 0) is 23.3 Å². The second-order valence-electron chi connectivity index (χ2n) is 9.72. The monoisotopic (exact) mass is 518 g/mol. The molecule has 1 aliphatic carbocycles. The second kappa shape index (κ2) is 9.11. The Morgan fingerprint density at radius 2 is 1.79 bits per heavy atom. The minimum atomic E-state index is -1.21. The van der Waals surface area contributed by atoms with Crippen LogP contribution in [-0.4, -0.2) is 57.3 Å². The Morgan fingerprint density at radius 1 is 1.03 bits per heavy atom. The highest BCUT2D eigenvalue weighted by atomic mass is 16.6. The van der Waals surface area contributed by atoms with Gasteiger partial charge in [-0.15, -0.1) is 0 Å². The minimum absolute atomic E-state index is 0.315. The van der Waals surface area contributed by atoms with Crippen LogP contribution in [0.1, 0.15) is 22.6 Å². The average Bonchev–Trinajstić information content (AvgIpc) is 3.54. The molecule has 2 fully saturated rings. The molecule has 4 N–H and O–H groups in total. The standard InChI is InChI=1S/C29H30N2O7/c1-34-19-10-8-18(9-11-19)29-23(17-6-4-3-5-7-17)25-26(37-27(33)31-25)28(29,16-32)24-21(35-2)14-20(36-13-12-30)15-22(24)38-29/h3-11,14-15,23,25-26,32H,12-13,16,30H2,1-2H3,(H,31,33)/t23-,25-,26-,28-,29+/m1/s1. The molecule has 2 heterocycles. The van der Waals surface area contributed by atoms with Crippen LogP contribution in [0.15, 0.2) is 66.7 Å². The van der Waals surface area contributed by atoms with E-state index < -0.39 is 35.2 Å². The van der Waals surface area contributed by atoms with Crippen LogP contribution in [-0.2, 0) is 15.8 Å². The summed E-state index contributed by atoms with van der Waals surface area (Å²) in [6, 6.07) is 20.5. The maximum atomic E-state index is 12.7. The number of aliphatic hydroxyl groups excluding tert-OH is 1. The number of nitrogens with one attached hydrogen (secondary N) is 1. The fourth-order valence-electron chi connectivity index (χ4n) is 6.73. The molecule has 198 valence electrons. The highest BCUT2D eigenvalue weighted by Gasteiger charge is 2.79. The van der Waals surface area contributed by atoms with E-state index in [9.17, 15) is 9.90 Å². The highest BCUT2D eigenvalue weighted by Crippen LogP contribution is 2.70. The third kappa shape index (κ3) is 3.15.